The molecule has 78 valence electrons. The number of rotatable bonds is 3. The highest BCUT2D eigenvalue weighted by atomic mass is 35.5. The Hall–Kier alpha value is -1.82. The zero-order valence-electron chi connectivity index (χ0n) is 7.64. The van der Waals surface area contributed by atoms with E-state index in [1.54, 1.807) is 12.1 Å². The molecule has 0 aromatic carbocycles. The van der Waals surface area contributed by atoms with Crippen LogP contribution in [0.25, 0.3) is 0 Å². The number of hydrogen-bond acceptors (Lipinski definition) is 6. The molecule has 15 heavy (non-hydrogen) atoms. The number of hydrogen-bond donors (Lipinski definition) is 2. The molecule has 0 saturated carbocycles. The summed E-state index contributed by atoms with van der Waals surface area (Å²) >= 11 is 5.72. The lowest BCUT2D eigenvalue weighted by atomic mass is 10.4. The molecule has 0 aliphatic carbocycles. The smallest absolute Gasteiger partial charge is 0.213 e. The van der Waals surface area contributed by atoms with Crippen LogP contribution in [0.4, 0.5) is 11.5 Å². The molecule has 2 aromatic rings. The second-order valence-electron chi connectivity index (χ2n) is 2.77. The van der Waals surface area contributed by atoms with Crippen LogP contribution in [0.2, 0.25) is 5.15 Å². The first-order chi connectivity index (χ1) is 7.25. The summed E-state index contributed by atoms with van der Waals surface area (Å²) in [6.07, 6.45) is 1.26. The maximum Gasteiger partial charge on any atom is 0.213 e. The summed E-state index contributed by atoms with van der Waals surface area (Å²) in [7, 11) is 0. The fourth-order valence-electron chi connectivity index (χ4n) is 1.02. The van der Waals surface area contributed by atoms with E-state index in [-0.39, 0.29) is 0 Å². The van der Waals surface area contributed by atoms with Gasteiger partial charge in [-0.15, -0.1) is 0 Å². The van der Waals surface area contributed by atoms with Gasteiger partial charge in [0.25, 0.3) is 0 Å². The summed E-state index contributed by atoms with van der Waals surface area (Å²) in [5, 5.41) is 6.96. The topological polar surface area (TPSA) is 89.9 Å². The van der Waals surface area contributed by atoms with Gasteiger partial charge in [0.15, 0.2) is 11.6 Å². The lowest BCUT2D eigenvalue weighted by molar-refractivity contribution is 0.411. The Morgan fingerprint density at radius 3 is 3.07 bits per heavy atom. The van der Waals surface area contributed by atoms with E-state index >= 15 is 0 Å². The average molecular weight is 226 g/mol. The third kappa shape index (κ3) is 2.35. The molecule has 0 spiro atoms. The standard InChI is InChI=1S/C8H8ClN5O/c9-6-2-1-5(10)8(13-6)11-3-7-12-4-15-14-7/h1-2,4H,3,10H2,(H,11,13). The van der Waals surface area contributed by atoms with Crippen LogP contribution in [0.15, 0.2) is 23.0 Å². The largest absolute Gasteiger partial charge is 0.396 e. The number of nitrogens with one attached hydrogen (secondary N) is 1. The van der Waals surface area contributed by atoms with Crippen LogP contribution in [0.3, 0.4) is 0 Å². The summed E-state index contributed by atoms with van der Waals surface area (Å²) in [4.78, 5) is 7.86. The van der Waals surface area contributed by atoms with Crippen molar-refractivity contribution in [2.75, 3.05) is 11.1 Å². The molecular formula is C8H8ClN5O. The van der Waals surface area contributed by atoms with Crippen LogP contribution in [0.1, 0.15) is 5.82 Å². The SMILES string of the molecule is Nc1ccc(Cl)nc1NCc1ncon1. The normalized spacial score (nSPS) is 10.2. The van der Waals surface area contributed by atoms with Crippen LogP contribution in [-0.2, 0) is 6.54 Å². The van der Waals surface area contributed by atoms with E-state index in [0.717, 1.165) is 0 Å². The maximum atomic E-state index is 5.72. The van der Waals surface area contributed by atoms with Crippen molar-refractivity contribution in [3.05, 3.63) is 29.5 Å². The van der Waals surface area contributed by atoms with Gasteiger partial charge in [-0.3, -0.25) is 0 Å². The van der Waals surface area contributed by atoms with Gasteiger partial charge >= 0.3 is 0 Å². The van der Waals surface area contributed by atoms with Crippen molar-refractivity contribution < 1.29 is 4.52 Å². The summed E-state index contributed by atoms with van der Waals surface area (Å²) < 4.78 is 4.58. The summed E-state index contributed by atoms with van der Waals surface area (Å²) in [6, 6.07) is 3.30. The predicted molar refractivity (Wildman–Crippen MR) is 55.3 cm³/mol. The minimum Gasteiger partial charge on any atom is -0.396 e. The van der Waals surface area contributed by atoms with Gasteiger partial charge < -0.3 is 15.6 Å². The third-order valence-corrected chi connectivity index (χ3v) is 1.92. The van der Waals surface area contributed by atoms with Gasteiger partial charge in [-0.2, -0.15) is 4.98 Å². The Labute approximate surface area is 90.5 Å². The minimum absolute atomic E-state index is 0.375. The predicted octanol–water partition coefficient (Wildman–Crippen LogP) is 1.31. The second-order valence-corrected chi connectivity index (χ2v) is 3.16. The van der Waals surface area contributed by atoms with Gasteiger partial charge in [0.2, 0.25) is 6.39 Å². The number of halogens is 1. The number of nitrogen functional groups attached to an aromatic ring is 1. The van der Waals surface area contributed by atoms with Crippen molar-refractivity contribution in [2.45, 2.75) is 6.54 Å². The fourth-order valence-corrected chi connectivity index (χ4v) is 1.17. The summed E-state index contributed by atoms with van der Waals surface area (Å²) in [6.45, 7) is 0.383. The second kappa shape index (κ2) is 4.14. The first-order valence-corrected chi connectivity index (χ1v) is 4.54. The van der Waals surface area contributed by atoms with E-state index < -0.39 is 0 Å². The third-order valence-electron chi connectivity index (χ3n) is 1.71. The van der Waals surface area contributed by atoms with Crippen molar-refractivity contribution in [2.24, 2.45) is 0 Å². The number of nitrogens with zero attached hydrogens (tertiary/aromatic N) is 3. The monoisotopic (exact) mass is 225 g/mol. The van der Waals surface area contributed by atoms with Crippen molar-refractivity contribution >= 4 is 23.1 Å². The zero-order valence-corrected chi connectivity index (χ0v) is 8.40. The van der Waals surface area contributed by atoms with E-state index in [0.29, 0.717) is 29.0 Å². The van der Waals surface area contributed by atoms with Crippen LogP contribution in [-0.4, -0.2) is 15.1 Å². The molecule has 7 heteroatoms. The van der Waals surface area contributed by atoms with Gasteiger partial charge in [0.05, 0.1) is 12.2 Å². The quantitative estimate of drug-likeness (QED) is 0.766. The molecule has 0 fully saturated rings. The summed E-state index contributed by atoms with van der Waals surface area (Å²) in [5.41, 5.74) is 6.20. The Kier molecular flexibility index (Phi) is 2.68. The van der Waals surface area contributed by atoms with E-state index in [4.69, 9.17) is 17.3 Å². The summed E-state index contributed by atoms with van der Waals surface area (Å²) in [5.74, 6) is 1.03. The highest BCUT2D eigenvalue weighted by molar-refractivity contribution is 6.29. The van der Waals surface area contributed by atoms with E-state index in [2.05, 4.69) is 25.0 Å². The molecule has 3 N–H and O–H groups in total. The fraction of sp³-hybridized carbons (Fsp3) is 0.125. The minimum atomic E-state index is 0.375. The molecule has 6 nitrogen and oxygen atoms in total. The molecule has 0 amide bonds. The number of anilines is 2. The van der Waals surface area contributed by atoms with Crippen molar-refractivity contribution in [3.8, 4) is 0 Å². The molecule has 0 aliphatic heterocycles. The van der Waals surface area contributed by atoms with E-state index in [1.807, 2.05) is 0 Å². The first kappa shape index (κ1) is 9.72. The zero-order chi connectivity index (χ0) is 10.7. The Morgan fingerprint density at radius 2 is 2.33 bits per heavy atom. The molecule has 2 aromatic heterocycles. The van der Waals surface area contributed by atoms with Crippen LogP contribution in [0.5, 0.6) is 0 Å². The van der Waals surface area contributed by atoms with Gasteiger partial charge in [0, 0.05) is 0 Å². The molecule has 0 unspecified atom stereocenters. The van der Waals surface area contributed by atoms with Crippen LogP contribution < -0.4 is 11.1 Å². The molecule has 0 aliphatic rings. The molecule has 0 radical (unpaired) electrons. The van der Waals surface area contributed by atoms with Crippen molar-refractivity contribution in [1.82, 2.24) is 15.1 Å². The Balaban J connectivity index is 2.07. The van der Waals surface area contributed by atoms with Crippen molar-refractivity contribution in [1.29, 1.82) is 0 Å². The maximum absolute atomic E-state index is 5.72. The lowest BCUT2D eigenvalue weighted by Crippen LogP contribution is -2.05. The highest BCUT2D eigenvalue weighted by Gasteiger charge is 2.03. The Bertz CT molecular complexity index is 444. The van der Waals surface area contributed by atoms with Crippen LogP contribution in [0, 0.1) is 0 Å². The van der Waals surface area contributed by atoms with Gasteiger partial charge in [0.1, 0.15) is 5.15 Å². The Morgan fingerprint density at radius 1 is 1.47 bits per heavy atom. The molecule has 0 saturated heterocycles. The molecule has 2 heterocycles. The molecular weight excluding hydrogens is 218 g/mol. The van der Waals surface area contributed by atoms with E-state index in [1.165, 1.54) is 6.39 Å². The van der Waals surface area contributed by atoms with E-state index in [9.17, 15) is 0 Å². The number of pyridine rings is 1. The van der Waals surface area contributed by atoms with Crippen LogP contribution >= 0.6 is 11.6 Å². The highest BCUT2D eigenvalue weighted by Crippen LogP contribution is 2.18. The van der Waals surface area contributed by atoms with Gasteiger partial charge in [-0.1, -0.05) is 16.8 Å². The van der Waals surface area contributed by atoms with Gasteiger partial charge in [-0.05, 0) is 12.1 Å². The molecule has 0 atom stereocenters. The number of nitrogens with two attached hydrogens (primary N) is 1. The van der Waals surface area contributed by atoms with Crippen molar-refractivity contribution in [3.63, 3.8) is 0 Å². The number of aromatic nitrogens is 3. The molecule has 0 bridgehead atoms. The average Bonchev–Trinajstić information content (AvgIpc) is 2.72. The first-order valence-electron chi connectivity index (χ1n) is 4.17. The lowest BCUT2D eigenvalue weighted by Gasteiger charge is -2.05. The molecule has 2 rings (SSSR count). The van der Waals surface area contributed by atoms with Gasteiger partial charge in [-0.25, -0.2) is 4.98 Å².